The monoisotopic (exact) mass is 512 g/mol. The molecule has 170 valence electrons. The largest absolute Gasteiger partial charge is 0.495 e. The van der Waals surface area contributed by atoms with Crippen LogP contribution >= 0.6 is 34.8 Å². The van der Waals surface area contributed by atoms with E-state index < -0.39 is 5.91 Å². The Balaban J connectivity index is 1.36. The van der Waals surface area contributed by atoms with Gasteiger partial charge in [0.25, 0.3) is 5.91 Å². The van der Waals surface area contributed by atoms with Gasteiger partial charge in [0.15, 0.2) is 5.76 Å². The maximum atomic E-state index is 12.7. The van der Waals surface area contributed by atoms with Crippen LogP contribution in [0.3, 0.4) is 0 Å². The van der Waals surface area contributed by atoms with Gasteiger partial charge in [0.1, 0.15) is 22.5 Å². The second-order valence-corrected chi connectivity index (χ2v) is 8.48. The lowest BCUT2D eigenvalue weighted by molar-refractivity contribution is 0.0997. The van der Waals surface area contributed by atoms with Crippen LogP contribution in [-0.2, 0) is 0 Å². The van der Waals surface area contributed by atoms with Crippen molar-refractivity contribution in [2.75, 3.05) is 12.4 Å². The van der Waals surface area contributed by atoms with Gasteiger partial charge < -0.3 is 14.5 Å². The van der Waals surface area contributed by atoms with E-state index in [1.54, 1.807) is 73.8 Å². The number of nitrogens with one attached hydrogen (secondary N) is 1. The number of fused-ring (bicyclic) bond motifs is 1. The van der Waals surface area contributed by atoms with Crippen LogP contribution < -0.4 is 10.1 Å². The fourth-order valence-corrected chi connectivity index (χ4v) is 3.89. The van der Waals surface area contributed by atoms with Gasteiger partial charge in [-0.15, -0.1) is 10.2 Å². The Morgan fingerprint density at radius 2 is 1.71 bits per heavy atom. The number of amides is 1. The molecular weight excluding hydrogens is 499 g/mol. The normalized spacial score (nSPS) is 11.1. The van der Waals surface area contributed by atoms with Crippen molar-refractivity contribution in [2.45, 2.75) is 0 Å². The number of carbonyl (C=O) groups excluding carboxylic acids is 1. The first-order valence-corrected chi connectivity index (χ1v) is 11.1. The van der Waals surface area contributed by atoms with Crippen molar-refractivity contribution in [3.8, 4) is 22.8 Å². The minimum Gasteiger partial charge on any atom is -0.495 e. The van der Waals surface area contributed by atoms with E-state index in [2.05, 4.69) is 15.5 Å². The highest BCUT2D eigenvalue weighted by atomic mass is 35.5. The van der Waals surface area contributed by atoms with Crippen LogP contribution in [0.5, 0.6) is 5.75 Å². The summed E-state index contributed by atoms with van der Waals surface area (Å²) < 4.78 is 10.9. The van der Waals surface area contributed by atoms with Crippen molar-refractivity contribution < 1.29 is 13.9 Å². The Kier molecular flexibility index (Phi) is 5.91. The summed E-state index contributed by atoms with van der Waals surface area (Å²) in [7, 11) is 1.55. The topological polar surface area (TPSA) is 82.2 Å². The fraction of sp³-hybridized carbons (Fsp3) is 0.0417. The fourth-order valence-electron chi connectivity index (χ4n) is 3.34. The highest BCUT2D eigenvalue weighted by Crippen LogP contribution is 2.30. The molecule has 10 heteroatoms. The zero-order chi connectivity index (χ0) is 23.8. The summed E-state index contributed by atoms with van der Waals surface area (Å²) >= 11 is 18.2. The van der Waals surface area contributed by atoms with Gasteiger partial charge in [-0.25, -0.2) is 0 Å². The van der Waals surface area contributed by atoms with Crippen LogP contribution in [0, 0.1) is 0 Å². The minimum atomic E-state index is -0.403. The number of methoxy groups -OCH3 is 1. The first-order chi connectivity index (χ1) is 16.4. The third-order valence-electron chi connectivity index (χ3n) is 5.04. The predicted molar refractivity (Wildman–Crippen MR) is 133 cm³/mol. The standard InChI is InChI=1S/C24H15Cl3N4O3/c1-33-22-7-4-15(12-18(22)27)31-29-19-6-3-14(11-20(19)30-31)28-24(32)23-9-8-21(34-23)13-2-5-16(25)17(26)10-13/h2-12H,1H3,(H,28,32). The Bertz CT molecular complexity index is 1540. The van der Waals surface area contributed by atoms with Crippen LogP contribution in [0.2, 0.25) is 15.1 Å². The van der Waals surface area contributed by atoms with E-state index in [1.807, 2.05) is 0 Å². The molecule has 1 amide bonds. The average Bonchev–Trinajstić information content (AvgIpc) is 3.48. The van der Waals surface area contributed by atoms with E-state index >= 15 is 0 Å². The summed E-state index contributed by atoms with van der Waals surface area (Å²) in [6.07, 6.45) is 0. The molecule has 0 saturated heterocycles. The lowest BCUT2D eigenvalue weighted by Crippen LogP contribution is -2.10. The molecule has 5 rings (SSSR count). The van der Waals surface area contributed by atoms with Crippen LogP contribution in [0.25, 0.3) is 28.0 Å². The number of rotatable bonds is 5. The average molecular weight is 514 g/mol. The third-order valence-corrected chi connectivity index (χ3v) is 6.07. The van der Waals surface area contributed by atoms with Crippen LogP contribution in [0.15, 0.2) is 71.1 Å². The number of ether oxygens (including phenoxy) is 1. The molecular formula is C24H15Cl3N4O3. The van der Waals surface area contributed by atoms with Gasteiger partial charge >= 0.3 is 0 Å². The van der Waals surface area contributed by atoms with Crippen molar-refractivity contribution in [3.63, 3.8) is 0 Å². The summed E-state index contributed by atoms with van der Waals surface area (Å²) in [5, 5.41) is 13.1. The molecule has 1 N–H and O–H groups in total. The number of aromatic nitrogens is 3. The highest BCUT2D eigenvalue weighted by molar-refractivity contribution is 6.42. The number of nitrogens with zero attached hydrogens (tertiary/aromatic N) is 3. The molecule has 0 unspecified atom stereocenters. The van der Waals surface area contributed by atoms with E-state index in [1.165, 1.54) is 4.80 Å². The number of anilines is 1. The van der Waals surface area contributed by atoms with Gasteiger partial charge in [0.05, 0.1) is 27.9 Å². The lowest BCUT2D eigenvalue weighted by Gasteiger charge is -2.04. The van der Waals surface area contributed by atoms with Crippen molar-refractivity contribution in [1.82, 2.24) is 15.0 Å². The molecule has 0 aliphatic heterocycles. The van der Waals surface area contributed by atoms with Crippen LogP contribution in [0.4, 0.5) is 5.69 Å². The smallest absolute Gasteiger partial charge is 0.291 e. The Labute approximate surface area is 208 Å². The summed E-state index contributed by atoms with van der Waals surface area (Å²) in [5.74, 6) is 0.810. The molecule has 7 nitrogen and oxygen atoms in total. The van der Waals surface area contributed by atoms with Crippen LogP contribution in [-0.4, -0.2) is 28.0 Å². The first-order valence-electron chi connectivity index (χ1n) is 9.99. The maximum Gasteiger partial charge on any atom is 0.291 e. The highest BCUT2D eigenvalue weighted by Gasteiger charge is 2.15. The number of halogens is 3. The molecule has 0 atom stereocenters. The molecule has 5 aromatic rings. The number of benzene rings is 3. The molecule has 3 aromatic carbocycles. The lowest BCUT2D eigenvalue weighted by atomic mass is 10.2. The van der Waals surface area contributed by atoms with Crippen molar-refractivity contribution in [3.05, 3.63) is 87.6 Å². The van der Waals surface area contributed by atoms with Gasteiger partial charge in [-0.1, -0.05) is 34.8 Å². The number of carbonyl (C=O) groups is 1. The first kappa shape index (κ1) is 22.3. The maximum absolute atomic E-state index is 12.7. The molecule has 0 saturated carbocycles. The molecule has 0 spiro atoms. The van der Waals surface area contributed by atoms with E-state index in [9.17, 15) is 4.79 Å². The molecule has 0 radical (unpaired) electrons. The van der Waals surface area contributed by atoms with Gasteiger partial charge in [-0.2, -0.15) is 4.80 Å². The van der Waals surface area contributed by atoms with Gasteiger partial charge in [-0.05, 0) is 66.7 Å². The molecule has 0 fully saturated rings. The molecule has 0 aliphatic carbocycles. The van der Waals surface area contributed by atoms with Crippen molar-refractivity contribution in [1.29, 1.82) is 0 Å². The molecule has 2 heterocycles. The molecule has 2 aromatic heterocycles. The Morgan fingerprint density at radius 3 is 2.47 bits per heavy atom. The van der Waals surface area contributed by atoms with Gasteiger partial charge in [-0.3, -0.25) is 4.79 Å². The second kappa shape index (κ2) is 9.02. The second-order valence-electron chi connectivity index (χ2n) is 7.26. The van der Waals surface area contributed by atoms with Gasteiger partial charge in [0, 0.05) is 11.3 Å². The van der Waals surface area contributed by atoms with E-state index in [-0.39, 0.29) is 5.76 Å². The summed E-state index contributed by atoms with van der Waals surface area (Å²) in [6, 6.07) is 18.9. The SMILES string of the molecule is COc1ccc(-n2nc3ccc(NC(=O)c4ccc(-c5ccc(Cl)c(Cl)c5)o4)cc3n2)cc1Cl. The Morgan fingerprint density at radius 1 is 0.882 bits per heavy atom. The quantitative estimate of drug-likeness (QED) is 0.276. The van der Waals surface area contributed by atoms with E-state index in [4.69, 9.17) is 44.0 Å². The molecule has 34 heavy (non-hydrogen) atoms. The zero-order valence-corrected chi connectivity index (χ0v) is 19.8. The van der Waals surface area contributed by atoms with E-state index in [0.717, 1.165) is 0 Å². The predicted octanol–water partition coefficient (Wildman–Crippen LogP) is 6.90. The molecule has 0 aliphatic rings. The minimum absolute atomic E-state index is 0.151. The van der Waals surface area contributed by atoms with Crippen LogP contribution in [0.1, 0.15) is 10.6 Å². The summed E-state index contributed by atoms with van der Waals surface area (Å²) in [4.78, 5) is 14.2. The van der Waals surface area contributed by atoms with E-state index in [0.29, 0.717) is 54.5 Å². The zero-order valence-electron chi connectivity index (χ0n) is 17.6. The third kappa shape index (κ3) is 4.33. The molecule has 0 bridgehead atoms. The van der Waals surface area contributed by atoms with Crippen molar-refractivity contribution in [2.24, 2.45) is 0 Å². The summed E-state index contributed by atoms with van der Waals surface area (Å²) in [5.41, 5.74) is 3.19. The number of hydrogen-bond acceptors (Lipinski definition) is 5. The number of furan rings is 1. The van der Waals surface area contributed by atoms with Gasteiger partial charge in [0.2, 0.25) is 0 Å². The summed E-state index contributed by atoms with van der Waals surface area (Å²) in [6.45, 7) is 0. The number of hydrogen-bond donors (Lipinski definition) is 1. The Hall–Kier alpha value is -3.52. The van der Waals surface area contributed by atoms with Crippen molar-refractivity contribution >= 4 is 57.4 Å².